The summed E-state index contributed by atoms with van der Waals surface area (Å²) < 4.78 is 0. The van der Waals surface area contributed by atoms with Crippen LogP contribution in [0.3, 0.4) is 0 Å². The SMILES string of the molecule is O=C(O)c1ccc(Cl)c(N=C/C=C\c2ccccc2)c1. The molecule has 100 valence electrons. The van der Waals surface area contributed by atoms with E-state index in [-0.39, 0.29) is 5.56 Å². The number of rotatable bonds is 4. The van der Waals surface area contributed by atoms with Crippen molar-refractivity contribution in [1.29, 1.82) is 0 Å². The minimum Gasteiger partial charge on any atom is -0.478 e. The second-order valence-corrected chi connectivity index (χ2v) is 4.43. The van der Waals surface area contributed by atoms with Crippen molar-refractivity contribution in [2.24, 2.45) is 4.99 Å². The number of allylic oxidation sites excluding steroid dienone is 1. The van der Waals surface area contributed by atoms with Gasteiger partial charge in [0.25, 0.3) is 0 Å². The first kappa shape index (κ1) is 14.0. The van der Waals surface area contributed by atoms with E-state index in [0.29, 0.717) is 10.7 Å². The molecule has 0 radical (unpaired) electrons. The maximum absolute atomic E-state index is 10.9. The zero-order valence-electron chi connectivity index (χ0n) is 10.5. The number of carboxylic acids is 1. The Morgan fingerprint density at radius 3 is 2.60 bits per heavy atom. The van der Waals surface area contributed by atoms with Crippen LogP contribution in [0.25, 0.3) is 6.08 Å². The summed E-state index contributed by atoms with van der Waals surface area (Å²) in [7, 11) is 0. The third kappa shape index (κ3) is 3.80. The van der Waals surface area contributed by atoms with Gasteiger partial charge < -0.3 is 5.11 Å². The van der Waals surface area contributed by atoms with Gasteiger partial charge >= 0.3 is 5.97 Å². The molecule has 1 N–H and O–H groups in total. The fraction of sp³-hybridized carbons (Fsp3) is 0. The molecule has 0 atom stereocenters. The molecule has 0 bridgehead atoms. The standard InChI is InChI=1S/C16H12ClNO2/c17-14-9-8-13(16(19)20)11-15(14)18-10-4-7-12-5-2-1-3-6-12/h1-11H,(H,19,20)/b7-4-,18-10?. The van der Waals surface area contributed by atoms with Crippen LogP contribution < -0.4 is 0 Å². The highest BCUT2D eigenvalue weighted by atomic mass is 35.5. The molecular formula is C16H12ClNO2. The number of carbonyl (C=O) groups is 1. The van der Waals surface area contributed by atoms with Gasteiger partial charge in [0.2, 0.25) is 0 Å². The van der Waals surface area contributed by atoms with Crippen LogP contribution in [0, 0.1) is 0 Å². The van der Waals surface area contributed by atoms with E-state index in [0.717, 1.165) is 5.56 Å². The van der Waals surface area contributed by atoms with Crippen molar-refractivity contribution in [2.75, 3.05) is 0 Å². The van der Waals surface area contributed by atoms with E-state index in [1.54, 1.807) is 12.3 Å². The Morgan fingerprint density at radius 2 is 1.90 bits per heavy atom. The van der Waals surface area contributed by atoms with Gasteiger partial charge in [-0.05, 0) is 29.8 Å². The Labute approximate surface area is 121 Å². The summed E-state index contributed by atoms with van der Waals surface area (Å²) in [6.45, 7) is 0. The minimum atomic E-state index is -1.00. The number of nitrogens with zero attached hydrogens (tertiary/aromatic N) is 1. The third-order valence-electron chi connectivity index (χ3n) is 2.58. The van der Waals surface area contributed by atoms with Crippen molar-refractivity contribution in [1.82, 2.24) is 0 Å². The fourth-order valence-electron chi connectivity index (χ4n) is 1.59. The number of halogens is 1. The van der Waals surface area contributed by atoms with Crippen LogP contribution >= 0.6 is 11.6 Å². The van der Waals surface area contributed by atoms with Gasteiger partial charge in [0, 0.05) is 6.21 Å². The van der Waals surface area contributed by atoms with Crippen LogP contribution in [0.4, 0.5) is 5.69 Å². The van der Waals surface area contributed by atoms with Gasteiger partial charge in [0.15, 0.2) is 0 Å². The van der Waals surface area contributed by atoms with Gasteiger partial charge in [0.1, 0.15) is 0 Å². The van der Waals surface area contributed by atoms with Crippen LogP contribution in [-0.4, -0.2) is 17.3 Å². The Bertz CT molecular complexity index is 663. The summed E-state index contributed by atoms with van der Waals surface area (Å²) in [5, 5.41) is 9.33. The molecule has 0 heterocycles. The zero-order valence-corrected chi connectivity index (χ0v) is 11.3. The van der Waals surface area contributed by atoms with Gasteiger partial charge in [-0.15, -0.1) is 0 Å². The van der Waals surface area contributed by atoms with Crippen LogP contribution in [0.1, 0.15) is 15.9 Å². The smallest absolute Gasteiger partial charge is 0.335 e. The Hall–Kier alpha value is -2.39. The van der Waals surface area contributed by atoms with E-state index in [2.05, 4.69) is 4.99 Å². The average Bonchev–Trinajstić information content (AvgIpc) is 2.46. The number of aliphatic imine (C=N–C) groups is 1. The lowest BCUT2D eigenvalue weighted by Gasteiger charge is -1.99. The molecule has 0 aromatic heterocycles. The van der Waals surface area contributed by atoms with E-state index in [1.165, 1.54) is 18.2 Å². The molecule has 0 aliphatic carbocycles. The van der Waals surface area contributed by atoms with Crippen molar-refractivity contribution in [3.05, 3.63) is 70.8 Å². The molecule has 4 heteroatoms. The third-order valence-corrected chi connectivity index (χ3v) is 2.90. The molecule has 0 unspecified atom stereocenters. The summed E-state index contributed by atoms with van der Waals surface area (Å²) in [5.74, 6) is -1.00. The number of benzene rings is 2. The molecule has 2 aromatic carbocycles. The van der Waals surface area contributed by atoms with Gasteiger partial charge in [-0.1, -0.05) is 48.0 Å². The van der Waals surface area contributed by atoms with E-state index in [4.69, 9.17) is 16.7 Å². The molecular weight excluding hydrogens is 274 g/mol. The second-order valence-electron chi connectivity index (χ2n) is 4.02. The summed E-state index contributed by atoms with van der Waals surface area (Å²) in [4.78, 5) is 15.0. The highest BCUT2D eigenvalue weighted by Crippen LogP contribution is 2.25. The fourth-order valence-corrected chi connectivity index (χ4v) is 1.75. The van der Waals surface area contributed by atoms with Crippen molar-refractivity contribution >= 4 is 35.5 Å². The van der Waals surface area contributed by atoms with Crippen LogP contribution in [0.2, 0.25) is 5.02 Å². The van der Waals surface area contributed by atoms with Crippen LogP contribution in [0.5, 0.6) is 0 Å². The van der Waals surface area contributed by atoms with E-state index >= 15 is 0 Å². The minimum absolute atomic E-state index is 0.161. The Balaban J connectivity index is 2.13. The summed E-state index contributed by atoms with van der Waals surface area (Å²) in [5.41, 5.74) is 1.65. The predicted octanol–water partition coefficient (Wildman–Crippen LogP) is 4.45. The number of carboxylic acid groups (broad SMARTS) is 1. The highest BCUT2D eigenvalue weighted by molar-refractivity contribution is 6.33. The maximum atomic E-state index is 10.9. The first-order valence-electron chi connectivity index (χ1n) is 5.95. The van der Waals surface area contributed by atoms with Crippen LogP contribution in [0.15, 0.2) is 59.6 Å². The Morgan fingerprint density at radius 1 is 1.15 bits per heavy atom. The van der Waals surface area contributed by atoms with E-state index < -0.39 is 5.97 Å². The van der Waals surface area contributed by atoms with Gasteiger partial charge in [-0.2, -0.15) is 0 Å². The molecule has 0 amide bonds. The maximum Gasteiger partial charge on any atom is 0.335 e. The monoisotopic (exact) mass is 285 g/mol. The van der Waals surface area contributed by atoms with Crippen molar-refractivity contribution in [3.8, 4) is 0 Å². The molecule has 0 spiro atoms. The highest BCUT2D eigenvalue weighted by Gasteiger charge is 2.05. The van der Waals surface area contributed by atoms with Gasteiger partial charge in [-0.3, -0.25) is 4.99 Å². The summed E-state index contributed by atoms with van der Waals surface area (Å²) in [6.07, 6.45) is 5.26. The van der Waals surface area contributed by atoms with E-state index in [9.17, 15) is 4.79 Å². The molecule has 0 aliphatic rings. The second kappa shape index (κ2) is 6.68. The molecule has 3 nitrogen and oxygen atoms in total. The van der Waals surface area contributed by atoms with Crippen molar-refractivity contribution in [2.45, 2.75) is 0 Å². The lowest BCUT2D eigenvalue weighted by atomic mass is 10.2. The van der Waals surface area contributed by atoms with Gasteiger partial charge in [0.05, 0.1) is 16.3 Å². The summed E-state index contributed by atoms with van der Waals surface area (Å²) >= 11 is 5.97. The lowest BCUT2D eigenvalue weighted by Crippen LogP contribution is -1.94. The van der Waals surface area contributed by atoms with E-state index in [1.807, 2.05) is 36.4 Å². The van der Waals surface area contributed by atoms with Crippen LogP contribution in [-0.2, 0) is 0 Å². The van der Waals surface area contributed by atoms with Gasteiger partial charge in [-0.25, -0.2) is 4.79 Å². The average molecular weight is 286 g/mol. The zero-order chi connectivity index (χ0) is 14.4. The molecule has 0 saturated heterocycles. The van der Waals surface area contributed by atoms with Crippen molar-refractivity contribution in [3.63, 3.8) is 0 Å². The normalized spacial score (nSPS) is 11.2. The largest absolute Gasteiger partial charge is 0.478 e. The number of aromatic carboxylic acids is 1. The molecule has 0 aliphatic heterocycles. The number of hydrogen-bond acceptors (Lipinski definition) is 2. The Kier molecular flexibility index (Phi) is 4.69. The topological polar surface area (TPSA) is 49.7 Å². The predicted molar refractivity (Wildman–Crippen MR) is 82.0 cm³/mol. The number of hydrogen-bond donors (Lipinski definition) is 1. The molecule has 0 fully saturated rings. The molecule has 20 heavy (non-hydrogen) atoms. The first-order chi connectivity index (χ1) is 9.66. The summed E-state index contributed by atoms with van der Waals surface area (Å²) in [6, 6.07) is 14.2. The molecule has 2 aromatic rings. The quantitative estimate of drug-likeness (QED) is 0.844. The van der Waals surface area contributed by atoms with Crippen molar-refractivity contribution < 1.29 is 9.90 Å². The molecule has 0 saturated carbocycles. The molecule has 2 rings (SSSR count). The first-order valence-corrected chi connectivity index (χ1v) is 6.33. The lowest BCUT2D eigenvalue weighted by molar-refractivity contribution is 0.0697.